The number of rotatable bonds is 7. The third-order valence-corrected chi connectivity index (χ3v) is 6.48. The summed E-state index contributed by atoms with van der Waals surface area (Å²) in [4.78, 5) is 50.9. The maximum Gasteiger partial charge on any atom is 0.407 e. The van der Waals surface area contributed by atoms with Crippen molar-refractivity contribution in [3.05, 3.63) is 27.6 Å². The fourth-order valence-electron chi connectivity index (χ4n) is 3.73. The molecule has 2 N–H and O–H groups in total. The first-order valence-corrected chi connectivity index (χ1v) is 11.3. The molecule has 11 heteroatoms. The van der Waals surface area contributed by atoms with Crippen molar-refractivity contribution in [2.75, 3.05) is 13.8 Å². The molecule has 3 rings (SSSR count). The third-order valence-electron chi connectivity index (χ3n) is 5.44. The first kappa shape index (κ1) is 24.7. The van der Waals surface area contributed by atoms with Crippen LogP contribution in [-0.4, -0.2) is 59.9 Å². The minimum absolute atomic E-state index is 0.0500. The molecule has 1 fully saturated rings. The lowest BCUT2D eigenvalue weighted by atomic mass is 9.83. The number of hydrogen-bond donors (Lipinski definition) is 2. The van der Waals surface area contributed by atoms with Gasteiger partial charge in [-0.1, -0.05) is 0 Å². The van der Waals surface area contributed by atoms with E-state index in [2.05, 4.69) is 5.32 Å². The van der Waals surface area contributed by atoms with Crippen molar-refractivity contribution in [3.8, 4) is 0 Å². The number of hydrogen-bond acceptors (Lipinski definition) is 9. The highest BCUT2D eigenvalue weighted by Crippen LogP contribution is 2.48. The van der Waals surface area contributed by atoms with Crippen LogP contribution in [0.2, 0.25) is 0 Å². The molecule has 0 unspecified atom stereocenters. The van der Waals surface area contributed by atoms with Gasteiger partial charge in [0, 0.05) is 23.1 Å². The average Bonchev–Trinajstić information content (AvgIpc) is 3.33. The predicted molar refractivity (Wildman–Crippen MR) is 117 cm³/mol. The van der Waals surface area contributed by atoms with Crippen molar-refractivity contribution >= 4 is 40.8 Å². The van der Waals surface area contributed by atoms with Crippen molar-refractivity contribution in [2.45, 2.75) is 52.9 Å². The lowest BCUT2D eigenvalue weighted by Gasteiger charge is -2.44. The topological polar surface area (TPSA) is 131 Å². The maximum absolute atomic E-state index is 12.9. The van der Waals surface area contributed by atoms with Crippen molar-refractivity contribution in [1.82, 2.24) is 10.2 Å². The number of β-lactam (4-membered cyclic amide) rings is 1. The molecule has 0 radical (unpaired) electrons. The van der Waals surface area contributed by atoms with Crippen molar-refractivity contribution in [2.24, 2.45) is 11.3 Å². The summed E-state index contributed by atoms with van der Waals surface area (Å²) in [6.07, 6.45) is -1.06. The zero-order valence-corrected chi connectivity index (χ0v) is 20.0. The number of amides is 2. The first-order valence-electron chi connectivity index (χ1n) is 10.5. The molecule has 3 atom stereocenters. The van der Waals surface area contributed by atoms with Gasteiger partial charge in [0.2, 0.25) is 12.7 Å². The number of nitrogens with one attached hydrogen (secondary N) is 1. The second-order valence-corrected chi connectivity index (χ2v) is 9.86. The summed E-state index contributed by atoms with van der Waals surface area (Å²) in [7, 11) is 1.46. The van der Waals surface area contributed by atoms with Gasteiger partial charge >= 0.3 is 18.0 Å². The van der Waals surface area contributed by atoms with Gasteiger partial charge in [0.1, 0.15) is 12.3 Å². The summed E-state index contributed by atoms with van der Waals surface area (Å²) >= 11 is 1.34. The van der Waals surface area contributed by atoms with Crippen molar-refractivity contribution < 1.29 is 38.5 Å². The van der Waals surface area contributed by atoms with Gasteiger partial charge in [-0.05, 0) is 45.6 Å². The van der Waals surface area contributed by atoms with Gasteiger partial charge in [-0.3, -0.25) is 9.59 Å². The monoisotopic (exact) mass is 480 g/mol. The van der Waals surface area contributed by atoms with Crippen LogP contribution in [0.1, 0.15) is 44.6 Å². The smallest absolute Gasteiger partial charge is 0.407 e. The summed E-state index contributed by atoms with van der Waals surface area (Å²) in [5, 5.41) is 14.2. The molecule has 10 nitrogen and oxygen atoms in total. The number of esters is 2. The molecule has 2 amide bonds. The van der Waals surface area contributed by atoms with Crippen LogP contribution in [0.4, 0.5) is 4.79 Å². The summed E-state index contributed by atoms with van der Waals surface area (Å²) in [6, 6.07) is 1.42. The lowest BCUT2D eigenvalue weighted by Crippen LogP contribution is -2.61. The minimum atomic E-state index is -0.858. The van der Waals surface area contributed by atoms with E-state index in [4.69, 9.17) is 14.2 Å². The molecule has 0 bridgehead atoms. The largest absolute Gasteiger partial charge is 0.445 e. The Labute approximate surface area is 195 Å². The van der Waals surface area contributed by atoms with E-state index in [0.717, 1.165) is 10.4 Å². The van der Waals surface area contributed by atoms with Crippen LogP contribution < -0.4 is 5.32 Å². The molecule has 1 aromatic rings. The van der Waals surface area contributed by atoms with Gasteiger partial charge in [0.25, 0.3) is 0 Å². The number of fused-ring (bicyclic) bond motifs is 1. The quantitative estimate of drug-likeness (QED) is 0.344. The average molecular weight is 481 g/mol. The van der Waals surface area contributed by atoms with Crippen LogP contribution in [-0.2, 0) is 35.2 Å². The Morgan fingerprint density at radius 1 is 1.27 bits per heavy atom. The van der Waals surface area contributed by atoms with Crippen molar-refractivity contribution in [3.63, 3.8) is 0 Å². The fourth-order valence-corrected chi connectivity index (χ4v) is 4.69. The van der Waals surface area contributed by atoms with Crippen LogP contribution in [0.5, 0.6) is 0 Å². The minimum Gasteiger partial charge on any atom is -0.445 e. The number of aliphatic hydroxyl groups excluding tert-OH is 1. The normalized spacial score (nSPS) is 20.7. The van der Waals surface area contributed by atoms with Crippen LogP contribution in [0, 0.1) is 11.3 Å². The van der Waals surface area contributed by atoms with Crippen LogP contribution in [0.3, 0.4) is 0 Å². The second kappa shape index (κ2) is 9.52. The molecule has 1 saturated heterocycles. The molecule has 0 spiro atoms. The van der Waals surface area contributed by atoms with E-state index in [-0.39, 0.29) is 24.3 Å². The van der Waals surface area contributed by atoms with Gasteiger partial charge in [-0.25, -0.2) is 9.59 Å². The Morgan fingerprint density at radius 2 is 1.97 bits per heavy atom. The molecular weight excluding hydrogens is 452 g/mol. The standard InChI is InChI=1S/C22H28N2O8S/c1-11(25)16-14-7-13(15-6-12(9-33-15)8-30-21(29)23-5)17(24(14)18(16)26)19(27)31-10-32-20(28)22(2,3)4/h6,9,11,14,16,25H,7-8,10H2,1-5H3,(H,23,29)/t11-,14-,16-/m1/s1. The second-order valence-electron chi connectivity index (χ2n) is 8.95. The Morgan fingerprint density at radius 3 is 2.58 bits per heavy atom. The summed E-state index contributed by atoms with van der Waals surface area (Å²) < 4.78 is 15.2. The van der Waals surface area contributed by atoms with E-state index in [1.165, 1.54) is 23.3 Å². The van der Waals surface area contributed by atoms with Crippen LogP contribution in [0.25, 0.3) is 5.57 Å². The Balaban J connectivity index is 1.81. The van der Waals surface area contributed by atoms with Crippen molar-refractivity contribution in [1.29, 1.82) is 0 Å². The molecule has 33 heavy (non-hydrogen) atoms. The van der Waals surface area contributed by atoms with E-state index in [9.17, 15) is 24.3 Å². The summed E-state index contributed by atoms with van der Waals surface area (Å²) in [6.45, 7) is 6.05. The number of carbonyl (C=O) groups excluding carboxylic acids is 4. The lowest BCUT2D eigenvalue weighted by molar-refractivity contribution is -0.175. The third kappa shape index (κ3) is 5.03. The first-order chi connectivity index (χ1) is 15.5. The van der Waals surface area contributed by atoms with Gasteiger partial charge in [-0.2, -0.15) is 0 Å². The molecule has 2 aliphatic rings. The summed E-state index contributed by atoms with van der Waals surface area (Å²) in [5.41, 5.74) is 0.650. The molecule has 0 aliphatic carbocycles. The number of nitrogens with zero attached hydrogens (tertiary/aromatic N) is 1. The Kier molecular flexibility index (Phi) is 7.13. The van der Waals surface area contributed by atoms with E-state index >= 15 is 0 Å². The Bertz CT molecular complexity index is 991. The molecule has 0 saturated carbocycles. The van der Waals surface area contributed by atoms with E-state index in [0.29, 0.717) is 12.0 Å². The zero-order chi connectivity index (χ0) is 24.5. The number of carbonyl (C=O) groups is 4. The number of ether oxygens (including phenoxy) is 3. The van der Waals surface area contributed by atoms with Gasteiger partial charge < -0.3 is 29.5 Å². The van der Waals surface area contributed by atoms with E-state index in [1.807, 2.05) is 0 Å². The van der Waals surface area contributed by atoms with Gasteiger partial charge in [0.15, 0.2) is 0 Å². The number of thiophene rings is 1. The predicted octanol–water partition coefficient (Wildman–Crippen LogP) is 2.02. The maximum atomic E-state index is 12.9. The highest BCUT2D eigenvalue weighted by Gasteiger charge is 2.57. The van der Waals surface area contributed by atoms with E-state index < -0.39 is 42.3 Å². The molecule has 180 valence electrons. The number of aliphatic hydroxyl groups is 1. The highest BCUT2D eigenvalue weighted by molar-refractivity contribution is 7.11. The molecule has 2 aliphatic heterocycles. The van der Waals surface area contributed by atoms with Gasteiger partial charge in [-0.15, -0.1) is 11.3 Å². The summed E-state index contributed by atoms with van der Waals surface area (Å²) in [5.74, 6) is -2.28. The number of alkyl carbamates (subject to hydrolysis) is 1. The molecule has 0 aromatic carbocycles. The van der Waals surface area contributed by atoms with Crippen LogP contribution in [0.15, 0.2) is 17.1 Å². The Hall–Kier alpha value is -2.92. The van der Waals surface area contributed by atoms with Gasteiger partial charge in [0.05, 0.1) is 23.5 Å². The SMILES string of the molecule is CNC(=O)OCc1csc(C2=C(C(=O)OCOC(=O)C(C)(C)C)N3C(=O)[C@H]([C@@H](C)O)[C@H]3C2)c1. The van der Waals surface area contributed by atoms with Crippen LogP contribution >= 0.6 is 11.3 Å². The molecule has 1 aromatic heterocycles. The van der Waals surface area contributed by atoms with E-state index in [1.54, 1.807) is 39.1 Å². The molecule has 3 heterocycles. The molecular formula is C22H28N2O8S. The fraction of sp³-hybridized carbons (Fsp3) is 0.545. The zero-order valence-electron chi connectivity index (χ0n) is 19.2. The highest BCUT2D eigenvalue weighted by atomic mass is 32.1.